The van der Waals surface area contributed by atoms with Crippen molar-refractivity contribution in [1.82, 2.24) is 15.1 Å². The summed E-state index contributed by atoms with van der Waals surface area (Å²) >= 11 is 0. The molecular weight excluding hydrogens is 404 g/mol. The lowest BCUT2D eigenvalue weighted by molar-refractivity contribution is -0.124. The molecule has 1 aromatic heterocycles. The maximum absolute atomic E-state index is 12.6. The quantitative estimate of drug-likeness (QED) is 0.494. The van der Waals surface area contributed by atoms with Crippen LogP contribution in [-0.4, -0.2) is 35.2 Å². The second kappa shape index (κ2) is 11.1. The Hall–Kier alpha value is -3.61. The summed E-state index contributed by atoms with van der Waals surface area (Å²) in [6, 6.07) is 19.0. The Labute approximate surface area is 188 Å². The molecule has 3 aromatic rings. The minimum absolute atomic E-state index is 0.0992. The van der Waals surface area contributed by atoms with Crippen LogP contribution in [-0.2, 0) is 9.59 Å². The van der Waals surface area contributed by atoms with Gasteiger partial charge in [-0.3, -0.25) is 9.59 Å². The highest BCUT2D eigenvalue weighted by molar-refractivity contribution is 5.93. The van der Waals surface area contributed by atoms with Gasteiger partial charge in [-0.05, 0) is 36.6 Å². The number of benzene rings is 2. The van der Waals surface area contributed by atoms with Crippen LogP contribution in [0.5, 0.6) is 5.75 Å². The molecule has 0 unspecified atom stereocenters. The van der Waals surface area contributed by atoms with Crippen molar-refractivity contribution in [1.29, 1.82) is 0 Å². The molecule has 168 valence electrons. The fourth-order valence-electron chi connectivity index (χ4n) is 3.16. The van der Waals surface area contributed by atoms with Crippen LogP contribution in [0.4, 0.5) is 5.82 Å². The lowest BCUT2D eigenvalue weighted by atomic mass is 10.1. The van der Waals surface area contributed by atoms with Gasteiger partial charge in [0.15, 0.2) is 0 Å². The number of ether oxygens (including phenoxy) is 1. The van der Waals surface area contributed by atoms with Crippen molar-refractivity contribution in [2.24, 2.45) is 5.92 Å². The maximum Gasteiger partial charge on any atom is 0.226 e. The molecule has 0 aliphatic heterocycles. The molecule has 0 aliphatic carbocycles. The zero-order valence-corrected chi connectivity index (χ0v) is 18.8. The summed E-state index contributed by atoms with van der Waals surface area (Å²) < 4.78 is 6.92. The first kappa shape index (κ1) is 23.1. The number of aromatic nitrogens is 2. The third-order valence-corrected chi connectivity index (χ3v) is 4.99. The van der Waals surface area contributed by atoms with E-state index in [1.54, 1.807) is 11.8 Å². The van der Waals surface area contributed by atoms with Gasteiger partial charge in [-0.15, -0.1) is 0 Å². The van der Waals surface area contributed by atoms with Crippen LogP contribution in [0.25, 0.3) is 16.9 Å². The molecule has 0 aliphatic rings. The molecule has 0 saturated heterocycles. The summed E-state index contributed by atoms with van der Waals surface area (Å²) in [5.74, 6) is 1.45. The van der Waals surface area contributed by atoms with Gasteiger partial charge in [0.2, 0.25) is 11.8 Å². The second-order valence-corrected chi connectivity index (χ2v) is 7.97. The van der Waals surface area contributed by atoms with E-state index < -0.39 is 0 Å². The van der Waals surface area contributed by atoms with Crippen LogP contribution in [0.15, 0.2) is 60.7 Å². The van der Waals surface area contributed by atoms with E-state index in [-0.39, 0.29) is 24.7 Å². The highest BCUT2D eigenvalue weighted by atomic mass is 16.5. The first-order valence-corrected chi connectivity index (χ1v) is 10.8. The van der Waals surface area contributed by atoms with Crippen molar-refractivity contribution in [3.63, 3.8) is 0 Å². The molecule has 0 spiro atoms. The maximum atomic E-state index is 12.6. The van der Waals surface area contributed by atoms with Gasteiger partial charge in [-0.2, -0.15) is 5.10 Å². The highest BCUT2D eigenvalue weighted by Crippen LogP contribution is 2.26. The molecule has 2 amide bonds. The summed E-state index contributed by atoms with van der Waals surface area (Å²) in [6.45, 7) is 4.84. The summed E-state index contributed by atoms with van der Waals surface area (Å²) in [6.07, 6.45) is 1.16. The van der Waals surface area contributed by atoms with E-state index >= 15 is 0 Å². The number of nitrogens with one attached hydrogen (secondary N) is 2. The third-order valence-electron chi connectivity index (χ3n) is 4.99. The molecule has 3 rings (SSSR count). The Kier molecular flexibility index (Phi) is 8.02. The minimum Gasteiger partial charge on any atom is -0.497 e. The largest absolute Gasteiger partial charge is 0.497 e. The Morgan fingerprint density at radius 3 is 2.34 bits per heavy atom. The van der Waals surface area contributed by atoms with Crippen molar-refractivity contribution in [2.75, 3.05) is 19.0 Å². The number of amides is 2. The van der Waals surface area contributed by atoms with Crippen molar-refractivity contribution < 1.29 is 14.3 Å². The molecule has 7 heteroatoms. The Morgan fingerprint density at radius 1 is 1.00 bits per heavy atom. The van der Waals surface area contributed by atoms with Crippen LogP contribution in [0, 0.1) is 5.92 Å². The second-order valence-electron chi connectivity index (χ2n) is 7.97. The SMILES string of the molecule is COc1ccc(-n2nc(-c3ccccc3)cc2NC(=O)CCC(=O)NCCC(C)C)cc1. The van der Waals surface area contributed by atoms with E-state index in [0.717, 1.165) is 29.1 Å². The van der Waals surface area contributed by atoms with Gasteiger partial charge < -0.3 is 15.4 Å². The highest BCUT2D eigenvalue weighted by Gasteiger charge is 2.15. The third kappa shape index (κ3) is 6.44. The summed E-state index contributed by atoms with van der Waals surface area (Å²) in [5, 5.41) is 10.5. The number of nitrogens with zero attached hydrogens (tertiary/aromatic N) is 2. The number of anilines is 1. The predicted octanol–water partition coefficient (Wildman–Crippen LogP) is 4.43. The number of hydrogen-bond acceptors (Lipinski definition) is 4. The zero-order valence-electron chi connectivity index (χ0n) is 18.8. The van der Waals surface area contributed by atoms with Crippen LogP contribution in [0.1, 0.15) is 33.1 Å². The van der Waals surface area contributed by atoms with E-state index in [9.17, 15) is 9.59 Å². The molecule has 0 saturated carbocycles. The zero-order chi connectivity index (χ0) is 22.9. The van der Waals surface area contributed by atoms with E-state index in [4.69, 9.17) is 9.84 Å². The summed E-state index contributed by atoms with van der Waals surface area (Å²) in [5.41, 5.74) is 2.47. The van der Waals surface area contributed by atoms with Crippen molar-refractivity contribution >= 4 is 17.6 Å². The lowest BCUT2D eigenvalue weighted by Gasteiger charge is -2.10. The molecule has 2 N–H and O–H groups in total. The van der Waals surface area contributed by atoms with Gasteiger partial charge in [0.05, 0.1) is 18.5 Å². The average molecular weight is 435 g/mol. The number of carbonyl (C=O) groups is 2. The standard InChI is InChI=1S/C25H30N4O3/c1-18(2)15-16-26-24(30)13-14-25(31)27-23-17-22(19-7-5-4-6-8-19)28-29(23)20-9-11-21(32-3)12-10-20/h4-12,17-18H,13-16H2,1-3H3,(H,26,30)(H,27,31). The molecule has 0 fully saturated rings. The van der Waals surface area contributed by atoms with E-state index in [1.165, 1.54) is 0 Å². The van der Waals surface area contributed by atoms with Gasteiger partial charge >= 0.3 is 0 Å². The smallest absolute Gasteiger partial charge is 0.226 e. The van der Waals surface area contributed by atoms with Crippen molar-refractivity contribution in [2.45, 2.75) is 33.1 Å². The molecular formula is C25H30N4O3. The summed E-state index contributed by atoms with van der Waals surface area (Å²) in [4.78, 5) is 24.6. The number of methoxy groups -OCH3 is 1. The molecule has 7 nitrogen and oxygen atoms in total. The Bertz CT molecular complexity index is 1030. The topological polar surface area (TPSA) is 85.2 Å². The normalized spacial score (nSPS) is 10.8. The Balaban J connectivity index is 1.73. The molecule has 2 aromatic carbocycles. The first-order valence-electron chi connectivity index (χ1n) is 10.8. The summed E-state index contributed by atoms with van der Waals surface area (Å²) in [7, 11) is 1.61. The molecule has 0 radical (unpaired) electrons. The van der Waals surface area contributed by atoms with Gasteiger partial charge in [0.1, 0.15) is 11.6 Å². The monoisotopic (exact) mass is 434 g/mol. The van der Waals surface area contributed by atoms with Gasteiger partial charge in [-0.1, -0.05) is 44.2 Å². The van der Waals surface area contributed by atoms with Crippen molar-refractivity contribution in [3.05, 3.63) is 60.7 Å². The number of carbonyl (C=O) groups excluding carboxylic acids is 2. The number of rotatable bonds is 10. The van der Waals surface area contributed by atoms with Crippen LogP contribution < -0.4 is 15.4 Å². The lowest BCUT2D eigenvalue weighted by Crippen LogP contribution is -2.26. The molecule has 1 heterocycles. The molecule has 0 atom stereocenters. The predicted molar refractivity (Wildman–Crippen MR) is 126 cm³/mol. The van der Waals surface area contributed by atoms with Crippen LogP contribution in [0.3, 0.4) is 0 Å². The van der Waals surface area contributed by atoms with E-state index in [1.807, 2.05) is 60.7 Å². The van der Waals surface area contributed by atoms with Gasteiger partial charge in [0, 0.05) is 31.0 Å². The van der Waals surface area contributed by atoms with Gasteiger partial charge in [-0.25, -0.2) is 4.68 Å². The van der Waals surface area contributed by atoms with Crippen LogP contribution >= 0.6 is 0 Å². The van der Waals surface area contributed by atoms with E-state index in [2.05, 4.69) is 24.5 Å². The van der Waals surface area contributed by atoms with E-state index in [0.29, 0.717) is 18.3 Å². The average Bonchev–Trinajstić information content (AvgIpc) is 3.22. The molecule has 0 bridgehead atoms. The Morgan fingerprint density at radius 2 is 1.69 bits per heavy atom. The first-order chi connectivity index (χ1) is 15.5. The molecule has 32 heavy (non-hydrogen) atoms. The van der Waals surface area contributed by atoms with Crippen LogP contribution in [0.2, 0.25) is 0 Å². The fourth-order valence-corrected chi connectivity index (χ4v) is 3.16. The minimum atomic E-state index is -0.238. The fraction of sp³-hybridized carbons (Fsp3) is 0.320. The number of hydrogen-bond donors (Lipinski definition) is 2. The van der Waals surface area contributed by atoms with Gasteiger partial charge in [0.25, 0.3) is 0 Å². The van der Waals surface area contributed by atoms with Crippen molar-refractivity contribution in [3.8, 4) is 22.7 Å².